The molecule has 2 heterocycles. The number of allylic oxidation sites excluding steroid dienone is 4. The largest absolute Gasteiger partial charge is 0.356 e. The second kappa shape index (κ2) is 3.01. The molecule has 5 nitrogen and oxygen atoms in total. The lowest BCUT2D eigenvalue weighted by atomic mass is 10.3. The number of hydrogen-bond acceptors (Lipinski definition) is 2. The molecule has 1 aliphatic heterocycles. The Morgan fingerprint density at radius 3 is 1.94 bits per heavy atom. The van der Waals surface area contributed by atoms with Gasteiger partial charge in [-0.15, -0.1) is 0 Å². The summed E-state index contributed by atoms with van der Waals surface area (Å²) in [4.78, 5) is 24.6. The minimum absolute atomic E-state index is 0.305. The molecule has 1 aromatic heterocycles. The van der Waals surface area contributed by atoms with Crippen molar-refractivity contribution in [3.8, 4) is 5.69 Å². The van der Waals surface area contributed by atoms with Gasteiger partial charge in [0.1, 0.15) is 0 Å². The minimum atomic E-state index is -0.305. The molecule has 1 aliphatic carbocycles. The molecule has 0 saturated heterocycles. The van der Waals surface area contributed by atoms with Crippen LogP contribution in [0.25, 0.3) is 17.1 Å². The first-order valence-electron chi connectivity index (χ1n) is 5.70. The van der Waals surface area contributed by atoms with E-state index < -0.39 is 0 Å². The number of rotatable bonds is 1. The molecule has 0 saturated carbocycles. The molecule has 0 atom stereocenters. The number of fused-ring (bicyclic) bond motifs is 5. The zero-order chi connectivity index (χ0) is 12.3. The third-order valence-corrected chi connectivity index (χ3v) is 3.33. The summed E-state index contributed by atoms with van der Waals surface area (Å²) in [6.07, 6.45) is 4.43. The number of hydrogen-bond donors (Lipinski definition) is 0. The molecule has 0 amide bonds. The quantitative estimate of drug-likeness (QED) is 0.742. The van der Waals surface area contributed by atoms with Crippen LogP contribution in [0.3, 0.4) is 0 Å². The van der Waals surface area contributed by atoms with E-state index in [1.54, 1.807) is 12.1 Å². The molecule has 0 radical (unpaired) electrons. The summed E-state index contributed by atoms with van der Waals surface area (Å²) >= 11 is 0. The highest BCUT2D eigenvalue weighted by Crippen LogP contribution is 2.31. The van der Waals surface area contributed by atoms with Crippen LogP contribution in [-0.4, -0.2) is 13.9 Å². The lowest BCUT2D eigenvalue weighted by molar-refractivity contribution is 0.769. The van der Waals surface area contributed by atoms with E-state index in [1.165, 1.54) is 13.9 Å². The second-order valence-electron chi connectivity index (χ2n) is 4.35. The fourth-order valence-electron chi connectivity index (χ4n) is 2.53. The Morgan fingerprint density at radius 2 is 1.39 bits per heavy atom. The molecule has 2 bridgehead atoms. The molecule has 2 aliphatic rings. The van der Waals surface area contributed by atoms with Gasteiger partial charge in [0.2, 0.25) is 0 Å². The highest BCUT2D eigenvalue weighted by atomic mass is 16.2. The van der Waals surface area contributed by atoms with E-state index in [2.05, 4.69) is 0 Å². The average molecular weight is 239 g/mol. The van der Waals surface area contributed by atoms with Crippen LogP contribution in [0, 0.1) is 0 Å². The van der Waals surface area contributed by atoms with Crippen LogP contribution in [0.15, 0.2) is 52.1 Å². The predicted molar refractivity (Wildman–Crippen MR) is 67.5 cm³/mol. The standard InChI is InChI=1S/C13H9N3O2/c17-12-14(9-4-2-1-3-5-9)13(18)16-11-7-6-10(8-11)15(12)16/h1-7H,8H2. The highest BCUT2D eigenvalue weighted by molar-refractivity contribution is 5.75. The van der Waals surface area contributed by atoms with Gasteiger partial charge in [0.25, 0.3) is 0 Å². The topological polar surface area (TPSA) is 48.9 Å². The summed E-state index contributed by atoms with van der Waals surface area (Å²) in [5.74, 6) is 0. The first-order valence-corrected chi connectivity index (χ1v) is 5.70. The molecule has 5 heteroatoms. The lowest BCUT2D eigenvalue weighted by Crippen LogP contribution is -2.27. The Balaban J connectivity index is 2.11. The van der Waals surface area contributed by atoms with Crippen molar-refractivity contribution in [2.75, 3.05) is 0 Å². The van der Waals surface area contributed by atoms with E-state index in [1.807, 2.05) is 30.4 Å². The first-order chi connectivity index (χ1) is 8.77. The first kappa shape index (κ1) is 9.47. The molecule has 4 rings (SSSR count). The summed E-state index contributed by atoms with van der Waals surface area (Å²) in [5, 5.41) is 0. The average Bonchev–Trinajstić information content (AvgIpc) is 3.05. The van der Waals surface area contributed by atoms with E-state index in [9.17, 15) is 9.59 Å². The number of aromatic nitrogens is 3. The lowest BCUT2D eigenvalue weighted by Gasteiger charge is -1.99. The third-order valence-electron chi connectivity index (χ3n) is 3.33. The molecule has 88 valence electrons. The van der Waals surface area contributed by atoms with Crippen molar-refractivity contribution >= 4 is 11.4 Å². The van der Waals surface area contributed by atoms with Gasteiger partial charge >= 0.3 is 11.4 Å². The van der Waals surface area contributed by atoms with Crippen molar-refractivity contribution in [3.05, 3.63) is 63.5 Å². The van der Waals surface area contributed by atoms with E-state index in [4.69, 9.17) is 0 Å². The smallest absolute Gasteiger partial charge is 0.245 e. The summed E-state index contributed by atoms with van der Waals surface area (Å²) in [6, 6.07) is 8.97. The normalized spacial score (nSPS) is 15.6. The van der Waals surface area contributed by atoms with Gasteiger partial charge in [-0.25, -0.2) is 14.2 Å². The van der Waals surface area contributed by atoms with Crippen LogP contribution >= 0.6 is 0 Å². The molecule has 0 N–H and O–H groups in total. The molecule has 0 spiro atoms. The number of nitrogens with zero attached hydrogens (tertiary/aromatic N) is 3. The van der Waals surface area contributed by atoms with E-state index in [-0.39, 0.29) is 11.4 Å². The van der Waals surface area contributed by atoms with Crippen molar-refractivity contribution in [2.45, 2.75) is 6.42 Å². The Bertz CT molecular complexity index is 782. The van der Waals surface area contributed by atoms with E-state index in [0.29, 0.717) is 12.1 Å². The van der Waals surface area contributed by atoms with Gasteiger partial charge in [-0.1, -0.05) is 18.2 Å². The molecule has 0 fully saturated rings. The Morgan fingerprint density at radius 1 is 0.833 bits per heavy atom. The fourth-order valence-corrected chi connectivity index (χ4v) is 2.53. The molecule has 1 aromatic carbocycles. The van der Waals surface area contributed by atoms with Crippen LogP contribution in [0.2, 0.25) is 0 Å². The predicted octanol–water partition coefficient (Wildman–Crippen LogP) is 0.900. The van der Waals surface area contributed by atoms with Gasteiger partial charge in [-0.05, 0) is 24.3 Å². The molecular weight excluding hydrogens is 230 g/mol. The van der Waals surface area contributed by atoms with E-state index >= 15 is 0 Å². The van der Waals surface area contributed by atoms with Gasteiger partial charge in [-0.3, -0.25) is 0 Å². The maximum atomic E-state index is 12.3. The monoisotopic (exact) mass is 239 g/mol. The van der Waals surface area contributed by atoms with Gasteiger partial charge in [0.15, 0.2) is 0 Å². The summed E-state index contributed by atoms with van der Waals surface area (Å²) in [6.45, 7) is 0. The molecule has 2 aromatic rings. The zero-order valence-electron chi connectivity index (χ0n) is 9.41. The zero-order valence-corrected chi connectivity index (χ0v) is 9.41. The van der Waals surface area contributed by atoms with Crippen LogP contribution in [-0.2, 0) is 0 Å². The highest BCUT2D eigenvalue weighted by Gasteiger charge is 2.30. The van der Waals surface area contributed by atoms with Gasteiger partial charge < -0.3 is 0 Å². The van der Waals surface area contributed by atoms with Crippen LogP contribution < -0.4 is 11.4 Å². The summed E-state index contributed by atoms with van der Waals surface area (Å²) in [5.41, 5.74) is 1.71. The van der Waals surface area contributed by atoms with Crippen molar-refractivity contribution in [1.82, 2.24) is 13.9 Å². The van der Waals surface area contributed by atoms with Gasteiger partial charge in [0, 0.05) is 6.42 Å². The third kappa shape index (κ3) is 0.964. The number of para-hydroxylation sites is 1. The minimum Gasteiger partial charge on any atom is -0.245 e. The van der Waals surface area contributed by atoms with Crippen molar-refractivity contribution in [3.63, 3.8) is 0 Å². The fraction of sp³-hybridized carbons (Fsp3) is 0.0769. The van der Waals surface area contributed by atoms with Crippen molar-refractivity contribution in [2.24, 2.45) is 0 Å². The van der Waals surface area contributed by atoms with Crippen molar-refractivity contribution < 1.29 is 0 Å². The Labute approximate surface area is 101 Å². The maximum absolute atomic E-state index is 12.3. The maximum Gasteiger partial charge on any atom is 0.356 e. The van der Waals surface area contributed by atoms with Gasteiger partial charge in [-0.2, -0.15) is 9.36 Å². The molecule has 0 unspecified atom stereocenters. The number of benzene rings is 1. The molecule has 18 heavy (non-hydrogen) atoms. The SMILES string of the molecule is O=c1n(-c2ccccc2)c(=O)n2n1C1=CC=C2C1. The molecular formula is C13H9N3O2. The van der Waals surface area contributed by atoms with Gasteiger partial charge in [0.05, 0.1) is 17.1 Å². The summed E-state index contributed by atoms with van der Waals surface area (Å²) in [7, 11) is 0. The van der Waals surface area contributed by atoms with E-state index in [0.717, 1.165) is 11.4 Å². The summed E-state index contributed by atoms with van der Waals surface area (Å²) < 4.78 is 4.10. The second-order valence-corrected chi connectivity index (χ2v) is 4.35. The van der Waals surface area contributed by atoms with Crippen LogP contribution in [0.4, 0.5) is 0 Å². The Kier molecular flexibility index (Phi) is 1.58. The van der Waals surface area contributed by atoms with Crippen molar-refractivity contribution in [1.29, 1.82) is 0 Å². The Hall–Kier alpha value is -2.56. The van der Waals surface area contributed by atoms with Crippen LogP contribution in [0.5, 0.6) is 0 Å². The van der Waals surface area contributed by atoms with Crippen LogP contribution in [0.1, 0.15) is 6.42 Å².